The van der Waals surface area contributed by atoms with Gasteiger partial charge in [-0.2, -0.15) is 0 Å². The van der Waals surface area contributed by atoms with Crippen molar-refractivity contribution in [2.75, 3.05) is 6.61 Å². The number of carbonyl (C=O) groups is 1. The van der Waals surface area contributed by atoms with Gasteiger partial charge in [-0.05, 0) is 41.2 Å². The second-order valence-electron chi connectivity index (χ2n) is 6.50. The zero-order valence-electron chi connectivity index (χ0n) is 14.3. The summed E-state index contributed by atoms with van der Waals surface area (Å²) in [6.07, 6.45) is 0.861. The van der Waals surface area contributed by atoms with Gasteiger partial charge in [0.1, 0.15) is 11.5 Å². The molecule has 0 saturated heterocycles. The molecule has 0 heterocycles. The minimum atomic E-state index is -0.403. The Balaban J connectivity index is 1.92. The molecule has 0 radical (unpaired) electrons. The van der Waals surface area contributed by atoms with Gasteiger partial charge in [-0.25, -0.2) is 4.79 Å². The molecule has 122 valence electrons. The molecule has 0 fully saturated rings. The average molecular weight is 312 g/mol. The molecule has 0 aliphatic carbocycles. The van der Waals surface area contributed by atoms with Crippen LogP contribution >= 0.6 is 0 Å². The van der Waals surface area contributed by atoms with Crippen molar-refractivity contribution in [3.63, 3.8) is 0 Å². The first-order valence-corrected chi connectivity index (χ1v) is 7.92. The Bertz CT molecular complexity index is 651. The van der Waals surface area contributed by atoms with Gasteiger partial charge in [0.15, 0.2) is 6.61 Å². The highest BCUT2D eigenvalue weighted by Gasteiger charge is 2.14. The van der Waals surface area contributed by atoms with Crippen LogP contribution in [0.4, 0.5) is 0 Å². The van der Waals surface area contributed by atoms with Gasteiger partial charge in [0.2, 0.25) is 0 Å². The molecule has 2 rings (SSSR count). The third kappa shape index (κ3) is 4.85. The standard InChI is InChI=1S/C20H24O3/c1-5-15-8-6-7-9-18(15)22-14-19(21)23-17-12-10-16(11-13-17)20(2,3)4/h6-13H,5,14H2,1-4H3. The fourth-order valence-electron chi connectivity index (χ4n) is 2.26. The number of carbonyl (C=O) groups excluding carboxylic acids is 1. The number of rotatable bonds is 5. The summed E-state index contributed by atoms with van der Waals surface area (Å²) in [5, 5.41) is 0. The molecule has 0 spiro atoms. The Morgan fingerprint density at radius 2 is 1.65 bits per heavy atom. The molecule has 2 aromatic carbocycles. The summed E-state index contributed by atoms with van der Waals surface area (Å²) in [5.74, 6) is 0.866. The molecule has 3 heteroatoms. The van der Waals surface area contributed by atoms with Crippen molar-refractivity contribution in [2.24, 2.45) is 0 Å². The maximum atomic E-state index is 11.9. The highest BCUT2D eigenvalue weighted by Crippen LogP contribution is 2.24. The van der Waals surface area contributed by atoms with E-state index in [9.17, 15) is 4.79 Å². The summed E-state index contributed by atoms with van der Waals surface area (Å²) in [6.45, 7) is 8.39. The minimum Gasteiger partial charge on any atom is -0.482 e. The molecule has 0 saturated carbocycles. The Morgan fingerprint density at radius 3 is 2.26 bits per heavy atom. The van der Waals surface area contributed by atoms with Gasteiger partial charge < -0.3 is 9.47 Å². The van der Waals surface area contributed by atoms with Crippen molar-refractivity contribution in [3.05, 3.63) is 59.7 Å². The van der Waals surface area contributed by atoms with Crippen molar-refractivity contribution >= 4 is 5.97 Å². The van der Waals surface area contributed by atoms with Gasteiger partial charge in [-0.3, -0.25) is 0 Å². The lowest BCUT2D eigenvalue weighted by molar-refractivity contribution is -0.136. The monoisotopic (exact) mass is 312 g/mol. The first-order valence-electron chi connectivity index (χ1n) is 7.92. The zero-order chi connectivity index (χ0) is 16.9. The van der Waals surface area contributed by atoms with Crippen LogP contribution in [0.3, 0.4) is 0 Å². The van der Waals surface area contributed by atoms with Gasteiger partial charge >= 0.3 is 5.97 Å². The maximum absolute atomic E-state index is 11.9. The summed E-state index contributed by atoms with van der Waals surface area (Å²) in [5.41, 5.74) is 2.36. The number of hydrogen-bond donors (Lipinski definition) is 0. The smallest absolute Gasteiger partial charge is 0.349 e. The van der Waals surface area contributed by atoms with E-state index >= 15 is 0 Å². The largest absolute Gasteiger partial charge is 0.482 e. The molecule has 2 aromatic rings. The predicted octanol–water partition coefficient (Wildman–Crippen LogP) is 4.53. The van der Waals surface area contributed by atoms with Crippen molar-refractivity contribution in [3.8, 4) is 11.5 Å². The van der Waals surface area contributed by atoms with Crippen LogP contribution in [0.5, 0.6) is 11.5 Å². The molecule has 0 aromatic heterocycles. The third-order valence-electron chi connectivity index (χ3n) is 3.65. The normalized spacial score (nSPS) is 11.1. The molecule has 0 atom stereocenters. The van der Waals surface area contributed by atoms with Gasteiger partial charge in [0, 0.05) is 0 Å². The fourth-order valence-corrected chi connectivity index (χ4v) is 2.26. The third-order valence-corrected chi connectivity index (χ3v) is 3.65. The second-order valence-corrected chi connectivity index (χ2v) is 6.50. The SMILES string of the molecule is CCc1ccccc1OCC(=O)Oc1ccc(C(C)(C)C)cc1. The number of ether oxygens (including phenoxy) is 2. The summed E-state index contributed by atoms with van der Waals surface area (Å²) >= 11 is 0. The summed E-state index contributed by atoms with van der Waals surface area (Å²) in [7, 11) is 0. The average Bonchev–Trinajstić information content (AvgIpc) is 2.53. The van der Waals surface area contributed by atoms with Crippen LogP contribution in [0.15, 0.2) is 48.5 Å². The molecule has 23 heavy (non-hydrogen) atoms. The van der Waals surface area contributed by atoms with E-state index in [-0.39, 0.29) is 12.0 Å². The van der Waals surface area contributed by atoms with Gasteiger partial charge in [-0.1, -0.05) is 58.0 Å². The van der Waals surface area contributed by atoms with E-state index < -0.39 is 5.97 Å². The Morgan fingerprint density at radius 1 is 1.00 bits per heavy atom. The van der Waals surface area contributed by atoms with Gasteiger partial charge in [0.25, 0.3) is 0 Å². The lowest BCUT2D eigenvalue weighted by Crippen LogP contribution is -2.18. The van der Waals surface area contributed by atoms with Crippen LogP contribution in [0, 0.1) is 0 Å². The first-order chi connectivity index (χ1) is 10.9. The van der Waals surface area contributed by atoms with Crippen molar-refractivity contribution in [1.82, 2.24) is 0 Å². The summed E-state index contributed by atoms with van der Waals surface area (Å²) < 4.78 is 10.9. The van der Waals surface area contributed by atoms with Crippen LogP contribution in [0.1, 0.15) is 38.8 Å². The first kappa shape index (κ1) is 17.1. The molecule has 0 aliphatic rings. The van der Waals surface area contributed by atoms with Crippen LogP contribution in [0.2, 0.25) is 0 Å². The lowest BCUT2D eigenvalue weighted by Gasteiger charge is -2.19. The molecule has 0 unspecified atom stereocenters. The van der Waals surface area contributed by atoms with Crippen LogP contribution < -0.4 is 9.47 Å². The predicted molar refractivity (Wildman–Crippen MR) is 92.1 cm³/mol. The van der Waals surface area contributed by atoms with E-state index in [1.165, 1.54) is 5.56 Å². The molecule has 0 bridgehead atoms. The van der Waals surface area contributed by atoms with Gasteiger partial charge in [-0.15, -0.1) is 0 Å². The van der Waals surface area contributed by atoms with Gasteiger partial charge in [0.05, 0.1) is 0 Å². The minimum absolute atomic E-state index is 0.0789. The second kappa shape index (κ2) is 7.32. The number of para-hydroxylation sites is 1. The van der Waals surface area contributed by atoms with Crippen molar-refractivity contribution in [1.29, 1.82) is 0 Å². The number of esters is 1. The Labute approximate surface area is 138 Å². The van der Waals surface area contributed by atoms with Crippen LogP contribution in [0.25, 0.3) is 0 Å². The molecular weight excluding hydrogens is 288 g/mol. The maximum Gasteiger partial charge on any atom is 0.349 e. The van der Waals surface area contributed by atoms with E-state index in [2.05, 4.69) is 27.7 Å². The highest BCUT2D eigenvalue weighted by atomic mass is 16.6. The van der Waals surface area contributed by atoms with Crippen LogP contribution in [-0.2, 0) is 16.6 Å². The van der Waals surface area contributed by atoms with Crippen molar-refractivity contribution in [2.45, 2.75) is 39.5 Å². The Kier molecular flexibility index (Phi) is 5.43. The van der Waals surface area contributed by atoms with Crippen molar-refractivity contribution < 1.29 is 14.3 Å². The van der Waals surface area contributed by atoms with Crippen LogP contribution in [-0.4, -0.2) is 12.6 Å². The lowest BCUT2D eigenvalue weighted by atomic mass is 9.87. The molecule has 0 aliphatic heterocycles. The summed E-state index contributed by atoms with van der Waals surface area (Å²) in [6, 6.07) is 15.3. The Hall–Kier alpha value is -2.29. The molecule has 0 N–H and O–H groups in total. The fraction of sp³-hybridized carbons (Fsp3) is 0.350. The summed E-state index contributed by atoms with van der Waals surface area (Å²) in [4.78, 5) is 11.9. The topological polar surface area (TPSA) is 35.5 Å². The number of aryl methyl sites for hydroxylation is 1. The number of hydrogen-bond acceptors (Lipinski definition) is 3. The van der Waals surface area contributed by atoms with E-state index in [1.807, 2.05) is 48.5 Å². The quantitative estimate of drug-likeness (QED) is 0.601. The highest BCUT2D eigenvalue weighted by molar-refractivity contribution is 5.74. The van der Waals surface area contributed by atoms with E-state index in [4.69, 9.17) is 9.47 Å². The molecule has 3 nitrogen and oxygen atoms in total. The number of benzene rings is 2. The van der Waals surface area contributed by atoms with E-state index in [0.29, 0.717) is 5.75 Å². The zero-order valence-corrected chi connectivity index (χ0v) is 14.3. The molecule has 0 amide bonds. The van der Waals surface area contributed by atoms with E-state index in [0.717, 1.165) is 17.7 Å². The molecular formula is C20H24O3. The van der Waals surface area contributed by atoms with E-state index in [1.54, 1.807) is 0 Å².